The fourth-order valence-corrected chi connectivity index (χ4v) is 3.25. The molecule has 1 atom stereocenters. The Bertz CT molecular complexity index is 878. The maximum absolute atomic E-state index is 4.73. The van der Waals surface area contributed by atoms with E-state index in [9.17, 15) is 0 Å². The number of aromatic nitrogens is 6. The van der Waals surface area contributed by atoms with Crippen LogP contribution in [0.5, 0.6) is 0 Å². The van der Waals surface area contributed by atoms with Gasteiger partial charge in [0.25, 0.3) is 0 Å². The molecule has 0 amide bonds. The van der Waals surface area contributed by atoms with E-state index < -0.39 is 0 Å². The molecule has 0 bridgehead atoms. The van der Waals surface area contributed by atoms with E-state index in [4.69, 9.17) is 4.98 Å². The molecule has 26 heavy (non-hydrogen) atoms. The average molecular weight is 348 g/mol. The van der Waals surface area contributed by atoms with Gasteiger partial charge in [-0.1, -0.05) is 0 Å². The van der Waals surface area contributed by atoms with Crippen molar-refractivity contribution in [1.29, 1.82) is 0 Å². The quantitative estimate of drug-likeness (QED) is 0.769. The van der Waals surface area contributed by atoms with Gasteiger partial charge < -0.3 is 10.2 Å². The second-order valence-electron chi connectivity index (χ2n) is 6.33. The molecule has 132 valence electrons. The van der Waals surface area contributed by atoms with E-state index in [1.165, 1.54) is 0 Å². The third kappa shape index (κ3) is 3.44. The Morgan fingerprint density at radius 3 is 2.58 bits per heavy atom. The number of hydrogen-bond acceptors (Lipinski definition) is 8. The SMILES string of the molecule is Cc1cc(C)nc(Nc2cncc([C@@H]3CCCN3c3ncccn3)n2)n1. The summed E-state index contributed by atoms with van der Waals surface area (Å²) in [5, 5.41) is 3.16. The Labute approximate surface area is 151 Å². The van der Waals surface area contributed by atoms with Crippen molar-refractivity contribution in [3.8, 4) is 0 Å². The summed E-state index contributed by atoms with van der Waals surface area (Å²) in [7, 11) is 0. The van der Waals surface area contributed by atoms with Crippen LogP contribution in [0.3, 0.4) is 0 Å². The van der Waals surface area contributed by atoms with Crippen LogP contribution in [0.25, 0.3) is 0 Å². The van der Waals surface area contributed by atoms with Gasteiger partial charge in [-0.25, -0.2) is 24.9 Å². The highest BCUT2D eigenvalue weighted by Crippen LogP contribution is 2.33. The van der Waals surface area contributed by atoms with Gasteiger partial charge >= 0.3 is 0 Å². The maximum atomic E-state index is 4.73. The lowest BCUT2D eigenvalue weighted by atomic mass is 10.1. The van der Waals surface area contributed by atoms with Crippen LogP contribution in [0, 0.1) is 13.8 Å². The first-order valence-corrected chi connectivity index (χ1v) is 8.64. The zero-order valence-electron chi connectivity index (χ0n) is 14.8. The van der Waals surface area contributed by atoms with Crippen LogP contribution in [0.1, 0.15) is 36.0 Å². The Morgan fingerprint density at radius 1 is 1.04 bits per heavy atom. The van der Waals surface area contributed by atoms with E-state index in [0.29, 0.717) is 11.8 Å². The molecule has 4 rings (SSSR count). The van der Waals surface area contributed by atoms with Crippen molar-refractivity contribution in [2.45, 2.75) is 32.7 Å². The molecule has 1 saturated heterocycles. The maximum Gasteiger partial charge on any atom is 0.228 e. The van der Waals surface area contributed by atoms with Gasteiger partial charge in [-0.2, -0.15) is 0 Å². The van der Waals surface area contributed by atoms with Gasteiger partial charge in [0.1, 0.15) is 0 Å². The first-order valence-electron chi connectivity index (χ1n) is 8.64. The molecule has 3 aromatic rings. The molecule has 0 aromatic carbocycles. The number of hydrogen-bond donors (Lipinski definition) is 1. The van der Waals surface area contributed by atoms with E-state index in [0.717, 1.165) is 42.4 Å². The summed E-state index contributed by atoms with van der Waals surface area (Å²) in [5.74, 6) is 1.89. The summed E-state index contributed by atoms with van der Waals surface area (Å²) < 4.78 is 0. The van der Waals surface area contributed by atoms with E-state index in [1.54, 1.807) is 24.8 Å². The molecule has 1 aliphatic rings. The number of anilines is 3. The number of rotatable bonds is 4. The minimum absolute atomic E-state index is 0.117. The zero-order valence-corrected chi connectivity index (χ0v) is 14.8. The first kappa shape index (κ1) is 16.3. The molecule has 0 unspecified atom stereocenters. The first-order chi connectivity index (χ1) is 12.7. The predicted molar refractivity (Wildman–Crippen MR) is 98.2 cm³/mol. The summed E-state index contributed by atoms with van der Waals surface area (Å²) in [4.78, 5) is 28.8. The van der Waals surface area contributed by atoms with E-state index in [1.807, 2.05) is 26.0 Å². The Balaban J connectivity index is 1.59. The second-order valence-corrected chi connectivity index (χ2v) is 6.33. The largest absolute Gasteiger partial charge is 0.332 e. The van der Waals surface area contributed by atoms with Gasteiger partial charge in [0.05, 0.1) is 24.1 Å². The molecular formula is C18H20N8. The molecule has 1 N–H and O–H groups in total. The highest BCUT2D eigenvalue weighted by Gasteiger charge is 2.29. The zero-order chi connectivity index (χ0) is 17.9. The summed E-state index contributed by atoms with van der Waals surface area (Å²) in [6.45, 7) is 4.80. The van der Waals surface area contributed by atoms with Crippen molar-refractivity contribution < 1.29 is 0 Å². The fraction of sp³-hybridized carbons (Fsp3) is 0.333. The van der Waals surface area contributed by atoms with Crippen molar-refractivity contribution >= 4 is 17.7 Å². The molecule has 8 heteroatoms. The lowest BCUT2D eigenvalue weighted by Crippen LogP contribution is -2.25. The van der Waals surface area contributed by atoms with Crippen molar-refractivity contribution in [3.05, 3.63) is 54.0 Å². The van der Waals surface area contributed by atoms with Gasteiger partial charge in [-0.15, -0.1) is 0 Å². The Hall–Kier alpha value is -3.16. The Morgan fingerprint density at radius 2 is 1.81 bits per heavy atom. The summed E-state index contributed by atoms with van der Waals surface area (Å²) >= 11 is 0. The summed E-state index contributed by atoms with van der Waals surface area (Å²) in [6.07, 6.45) is 9.08. The molecule has 1 aliphatic heterocycles. The van der Waals surface area contributed by atoms with Gasteiger partial charge in [0, 0.05) is 30.3 Å². The molecule has 3 aromatic heterocycles. The summed E-state index contributed by atoms with van der Waals surface area (Å²) in [5.41, 5.74) is 2.71. The van der Waals surface area contributed by atoms with Gasteiger partial charge in [0.15, 0.2) is 5.82 Å². The van der Waals surface area contributed by atoms with Crippen molar-refractivity contribution in [2.75, 3.05) is 16.8 Å². The monoisotopic (exact) mass is 348 g/mol. The minimum atomic E-state index is 0.117. The smallest absolute Gasteiger partial charge is 0.228 e. The molecule has 0 spiro atoms. The fourth-order valence-electron chi connectivity index (χ4n) is 3.25. The molecule has 0 saturated carbocycles. The van der Waals surface area contributed by atoms with Gasteiger partial charge in [-0.3, -0.25) is 4.98 Å². The second kappa shape index (κ2) is 6.99. The average Bonchev–Trinajstić information content (AvgIpc) is 3.12. The molecule has 1 fully saturated rings. The van der Waals surface area contributed by atoms with Crippen molar-refractivity contribution in [3.63, 3.8) is 0 Å². The molecular weight excluding hydrogens is 328 g/mol. The number of aryl methyl sites for hydroxylation is 2. The van der Waals surface area contributed by atoms with Crippen LogP contribution in [0.15, 0.2) is 36.9 Å². The lowest BCUT2D eigenvalue weighted by molar-refractivity contribution is 0.676. The van der Waals surface area contributed by atoms with Crippen molar-refractivity contribution in [2.24, 2.45) is 0 Å². The van der Waals surface area contributed by atoms with Crippen LogP contribution in [0.4, 0.5) is 17.7 Å². The molecule has 0 aliphatic carbocycles. The summed E-state index contributed by atoms with van der Waals surface area (Å²) in [6, 6.07) is 3.87. The highest BCUT2D eigenvalue weighted by molar-refractivity contribution is 5.47. The normalized spacial score (nSPS) is 16.7. The lowest BCUT2D eigenvalue weighted by Gasteiger charge is -2.24. The van der Waals surface area contributed by atoms with E-state index in [2.05, 4.69) is 35.1 Å². The topological polar surface area (TPSA) is 92.6 Å². The standard InChI is InChI=1S/C18H20N8/c1-12-9-13(2)23-17(22-12)25-16-11-19-10-14(24-16)15-5-3-8-26(15)18-20-6-4-7-21-18/h4,6-7,9-11,15H,3,5,8H2,1-2H3,(H,22,23,24,25)/t15-/m0/s1. The number of nitrogens with one attached hydrogen (secondary N) is 1. The predicted octanol–water partition coefficient (Wildman–Crippen LogP) is 2.76. The molecule has 8 nitrogen and oxygen atoms in total. The van der Waals surface area contributed by atoms with Crippen LogP contribution >= 0.6 is 0 Å². The third-order valence-electron chi connectivity index (χ3n) is 4.28. The minimum Gasteiger partial charge on any atom is -0.332 e. The third-order valence-corrected chi connectivity index (χ3v) is 4.28. The van der Waals surface area contributed by atoms with Gasteiger partial charge in [0.2, 0.25) is 11.9 Å². The molecule has 4 heterocycles. The van der Waals surface area contributed by atoms with Gasteiger partial charge in [-0.05, 0) is 38.8 Å². The van der Waals surface area contributed by atoms with Crippen molar-refractivity contribution in [1.82, 2.24) is 29.9 Å². The van der Waals surface area contributed by atoms with Crippen LogP contribution in [-0.2, 0) is 0 Å². The number of nitrogens with zero attached hydrogens (tertiary/aromatic N) is 7. The van der Waals surface area contributed by atoms with Crippen LogP contribution < -0.4 is 10.2 Å². The highest BCUT2D eigenvalue weighted by atomic mass is 15.3. The van der Waals surface area contributed by atoms with E-state index in [-0.39, 0.29) is 6.04 Å². The molecule has 0 radical (unpaired) electrons. The van der Waals surface area contributed by atoms with Crippen LogP contribution in [-0.4, -0.2) is 36.4 Å². The van der Waals surface area contributed by atoms with E-state index >= 15 is 0 Å². The Kier molecular flexibility index (Phi) is 4.39. The van der Waals surface area contributed by atoms with Crippen LogP contribution in [0.2, 0.25) is 0 Å².